The Morgan fingerprint density at radius 2 is 1.94 bits per heavy atom. The molecule has 0 fully saturated rings. The fourth-order valence-electron chi connectivity index (χ4n) is 1.80. The molecule has 16 heavy (non-hydrogen) atoms. The normalized spacial score (nSPS) is 10.1. The largest absolute Gasteiger partial charge is 0.192 e. The van der Waals surface area contributed by atoms with Crippen LogP contribution in [0.3, 0.4) is 0 Å². The van der Waals surface area contributed by atoms with Crippen molar-refractivity contribution >= 4 is 15.9 Å². The molecule has 0 unspecified atom stereocenters. The minimum absolute atomic E-state index is 0.818. The SMILES string of the molecule is CCCCCCCc1cc(Br)ccc1C#N. The lowest BCUT2D eigenvalue weighted by molar-refractivity contribution is 0.632. The van der Waals surface area contributed by atoms with Gasteiger partial charge in [-0.25, -0.2) is 0 Å². The molecule has 1 nitrogen and oxygen atoms in total. The minimum atomic E-state index is 0.818. The molecule has 0 atom stereocenters. The summed E-state index contributed by atoms with van der Waals surface area (Å²) >= 11 is 3.45. The van der Waals surface area contributed by atoms with E-state index in [0.29, 0.717) is 0 Å². The minimum Gasteiger partial charge on any atom is -0.192 e. The van der Waals surface area contributed by atoms with Crippen LogP contribution in [0.25, 0.3) is 0 Å². The van der Waals surface area contributed by atoms with Crippen LogP contribution in [0.4, 0.5) is 0 Å². The third-order valence-corrected chi connectivity index (χ3v) is 3.23. The molecule has 0 radical (unpaired) electrons. The van der Waals surface area contributed by atoms with Gasteiger partial charge in [-0.2, -0.15) is 5.26 Å². The first kappa shape index (κ1) is 13.3. The van der Waals surface area contributed by atoms with Crippen LogP contribution in [-0.4, -0.2) is 0 Å². The Hall–Kier alpha value is -0.810. The first-order valence-electron chi connectivity index (χ1n) is 5.96. The fourth-order valence-corrected chi connectivity index (χ4v) is 2.21. The molecule has 0 aromatic heterocycles. The molecule has 0 saturated heterocycles. The van der Waals surface area contributed by atoms with Gasteiger partial charge in [0.1, 0.15) is 0 Å². The average molecular weight is 280 g/mol. The summed E-state index contributed by atoms with van der Waals surface area (Å²) in [7, 11) is 0. The molecule has 0 bridgehead atoms. The van der Waals surface area contributed by atoms with Gasteiger partial charge in [0, 0.05) is 4.47 Å². The highest BCUT2D eigenvalue weighted by atomic mass is 79.9. The monoisotopic (exact) mass is 279 g/mol. The van der Waals surface area contributed by atoms with Crippen LogP contribution in [0.15, 0.2) is 22.7 Å². The second-order valence-corrected chi connectivity index (χ2v) is 4.99. The number of halogens is 1. The number of hydrogen-bond acceptors (Lipinski definition) is 1. The number of nitrogens with zero attached hydrogens (tertiary/aromatic N) is 1. The molecule has 0 aliphatic rings. The number of unbranched alkanes of at least 4 members (excludes halogenated alkanes) is 4. The second kappa shape index (κ2) is 7.46. The summed E-state index contributed by atoms with van der Waals surface area (Å²) in [5.74, 6) is 0. The molecule has 86 valence electrons. The van der Waals surface area contributed by atoms with E-state index in [-0.39, 0.29) is 0 Å². The van der Waals surface area contributed by atoms with Gasteiger partial charge in [-0.3, -0.25) is 0 Å². The van der Waals surface area contributed by atoms with E-state index in [2.05, 4.69) is 35.0 Å². The van der Waals surface area contributed by atoms with Gasteiger partial charge in [-0.05, 0) is 36.6 Å². The zero-order valence-electron chi connectivity index (χ0n) is 9.80. The highest BCUT2D eigenvalue weighted by Gasteiger charge is 2.02. The molecular weight excluding hydrogens is 262 g/mol. The van der Waals surface area contributed by atoms with E-state index in [0.717, 1.165) is 16.5 Å². The van der Waals surface area contributed by atoms with Crippen molar-refractivity contribution in [3.8, 4) is 6.07 Å². The number of benzene rings is 1. The summed E-state index contributed by atoms with van der Waals surface area (Å²) in [4.78, 5) is 0. The lowest BCUT2D eigenvalue weighted by Crippen LogP contribution is -1.91. The van der Waals surface area contributed by atoms with Crippen LogP contribution in [-0.2, 0) is 6.42 Å². The van der Waals surface area contributed by atoms with E-state index in [1.807, 2.05) is 12.1 Å². The van der Waals surface area contributed by atoms with E-state index in [1.165, 1.54) is 37.7 Å². The van der Waals surface area contributed by atoms with Crippen LogP contribution in [0.1, 0.15) is 50.2 Å². The zero-order chi connectivity index (χ0) is 11.8. The van der Waals surface area contributed by atoms with Crippen molar-refractivity contribution in [2.45, 2.75) is 45.4 Å². The smallest absolute Gasteiger partial charge is 0.0994 e. The van der Waals surface area contributed by atoms with Crippen molar-refractivity contribution in [3.05, 3.63) is 33.8 Å². The van der Waals surface area contributed by atoms with Crippen LogP contribution in [0.5, 0.6) is 0 Å². The Morgan fingerprint density at radius 1 is 1.19 bits per heavy atom. The van der Waals surface area contributed by atoms with E-state index in [4.69, 9.17) is 5.26 Å². The Kier molecular flexibility index (Phi) is 6.18. The third kappa shape index (κ3) is 4.37. The predicted molar refractivity (Wildman–Crippen MR) is 71.3 cm³/mol. The summed E-state index contributed by atoms with van der Waals surface area (Å²) in [6.07, 6.45) is 7.39. The lowest BCUT2D eigenvalue weighted by atomic mass is 10.0. The summed E-state index contributed by atoms with van der Waals surface area (Å²) in [5, 5.41) is 8.98. The van der Waals surface area contributed by atoms with E-state index in [9.17, 15) is 0 Å². The Labute approximate surface area is 107 Å². The van der Waals surface area contributed by atoms with Gasteiger partial charge < -0.3 is 0 Å². The summed E-state index contributed by atoms with van der Waals surface area (Å²) in [6.45, 7) is 2.22. The quantitative estimate of drug-likeness (QED) is 0.684. The van der Waals surface area contributed by atoms with E-state index in [1.54, 1.807) is 0 Å². The first-order chi connectivity index (χ1) is 7.77. The standard InChI is InChI=1S/C14H18BrN/c1-2-3-4-5-6-7-12-10-14(15)9-8-13(12)11-16/h8-10H,2-7H2,1H3. The van der Waals surface area contributed by atoms with Gasteiger partial charge in [0.2, 0.25) is 0 Å². The molecule has 1 aromatic carbocycles. The average Bonchev–Trinajstić information content (AvgIpc) is 2.29. The Bertz CT molecular complexity index is 365. The molecule has 0 heterocycles. The molecule has 0 N–H and O–H groups in total. The molecule has 1 aromatic rings. The molecule has 0 saturated carbocycles. The molecule has 0 spiro atoms. The Morgan fingerprint density at radius 3 is 2.62 bits per heavy atom. The topological polar surface area (TPSA) is 23.8 Å². The van der Waals surface area contributed by atoms with E-state index < -0.39 is 0 Å². The summed E-state index contributed by atoms with van der Waals surface area (Å²) in [5.41, 5.74) is 1.99. The van der Waals surface area contributed by atoms with E-state index >= 15 is 0 Å². The van der Waals surface area contributed by atoms with Crippen LogP contribution in [0, 0.1) is 11.3 Å². The van der Waals surface area contributed by atoms with Crippen molar-refractivity contribution in [1.82, 2.24) is 0 Å². The number of hydrogen-bond donors (Lipinski definition) is 0. The van der Waals surface area contributed by atoms with Crippen molar-refractivity contribution in [3.63, 3.8) is 0 Å². The van der Waals surface area contributed by atoms with Gasteiger partial charge in [0.05, 0.1) is 11.6 Å². The Balaban J connectivity index is 2.46. The highest BCUT2D eigenvalue weighted by molar-refractivity contribution is 9.10. The maximum Gasteiger partial charge on any atom is 0.0994 e. The van der Waals surface area contributed by atoms with Crippen LogP contribution in [0.2, 0.25) is 0 Å². The number of aryl methyl sites for hydroxylation is 1. The maximum absolute atomic E-state index is 8.98. The molecule has 0 aliphatic heterocycles. The van der Waals surface area contributed by atoms with Gasteiger partial charge in [-0.1, -0.05) is 48.5 Å². The summed E-state index contributed by atoms with van der Waals surface area (Å²) in [6, 6.07) is 8.15. The van der Waals surface area contributed by atoms with Crippen molar-refractivity contribution in [2.75, 3.05) is 0 Å². The lowest BCUT2D eigenvalue weighted by Gasteiger charge is -2.04. The van der Waals surface area contributed by atoms with Crippen molar-refractivity contribution in [1.29, 1.82) is 5.26 Å². The zero-order valence-corrected chi connectivity index (χ0v) is 11.4. The third-order valence-electron chi connectivity index (χ3n) is 2.74. The van der Waals surface area contributed by atoms with Crippen molar-refractivity contribution in [2.24, 2.45) is 0 Å². The van der Waals surface area contributed by atoms with Crippen molar-refractivity contribution < 1.29 is 0 Å². The molecular formula is C14H18BrN. The highest BCUT2D eigenvalue weighted by Crippen LogP contribution is 2.18. The molecule has 2 heteroatoms. The fraction of sp³-hybridized carbons (Fsp3) is 0.500. The second-order valence-electron chi connectivity index (χ2n) is 4.08. The summed E-state index contributed by atoms with van der Waals surface area (Å²) < 4.78 is 1.06. The molecule has 0 amide bonds. The molecule has 0 aliphatic carbocycles. The van der Waals surface area contributed by atoms with Gasteiger partial charge in [0.25, 0.3) is 0 Å². The van der Waals surface area contributed by atoms with Gasteiger partial charge in [0.15, 0.2) is 0 Å². The number of rotatable bonds is 6. The van der Waals surface area contributed by atoms with Gasteiger partial charge >= 0.3 is 0 Å². The maximum atomic E-state index is 8.98. The first-order valence-corrected chi connectivity index (χ1v) is 6.75. The van der Waals surface area contributed by atoms with Crippen LogP contribution >= 0.6 is 15.9 Å². The predicted octanol–water partition coefficient (Wildman–Crippen LogP) is 4.83. The number of nitriles is 1. The van der Waals surface area contributed by atoms with Crippen LogP contribution < -0.4 is 0 Å². The van der Waals surface area contributed by atoms with Gasteiger partial charge in [-0.15, -0.1) is 0 Å². The molecule has 1 rings (SSSR count).